The van der Waals surface area contributed by atoms with Crippen LogP contribution in [0.2, 0.25) is 0 Å². The highest BCUT2D eigenvalue weighted by atomic mass is 16.5. The van der Waals surface area contributed by atoms with Crippen molar-refractivity contribution >= 4 is 5.88 Å². The highest BCUT2D eigenvalue weighted by Gasteiger charge is 2.11. The smallest absolute Gasteiger partial charge is 0.222 e. The number of nitrogens with one attached hydrogen (secondary N) is 1. The number of aryl methyl sites for hydroxylation is 1. The van der Waals surface area contributed by atoms with Gasteiger partial charge in [0.15, 0.2) is 11.8 Å². The van der Waals surface area contributed by atoms with Crippen LogP contribution >= 0.6 is 0 Å². The Bertz CT molecular complexity index is 293. The van der Waals surface area contributed by atoms with Crippen LogP contribution in [0.3, 0.4) is 0 Å². The van der Waals surface area contributed by atoms with Crippen molar-refractivity contribution in [3.8, 4) is 0 Å². The summed E-state index contributed by atoms with van der Waals surface area (Å²) in [4.78, 5) is 2.51. The molecule has 1 fully saturated rings. The average Bonchev–Trinajstić information content (AvgIpc) is 2.66. The van der Waals surface area contributed by atoms with Gasteiger partial charge in [-0.05, 0) is 25.9 Å². The minimum atomic E-state index is 0.132. The van der Waals surface area contributed by atoms with Crippen LogP contribution < -0.4 is 4.68 Å². The number of rotatable bonds is 4. The van der Waals surface area contributed by atoms with Gasteiger partial charge in [-0.2, -0.15) is 0 Å². The predicted molar refractivity (Wildman–Crippen MR) is 55.6 cm³/mol. The Labute approximate surface area is 89.8 Å². The molecule has 1 saturated heterocycles. The first-order chi connectivity index (χ1) is 7.34. The first-order valence-electron chi connectivity index (χ1n) is 5.65. The lowest BCUT2D eigenvalue weighted by Gasteiger charge is -2.25. The Hall–Kier alpha value is -1.10. The maximum absolute atomic E-state index is 7.19. The van der Waals surface area contributed by atoms with Gasteiger partial charge in [0.25, 0.3) is 0 Å². The van der Waals surface area contributed by atoms with E-state index in [1.807, 2.05) is 0 Å². The number of likely N-dealkylation sites (tertiary alicyclic amines) is 1. The van der Waals surface area contributed by atoms with Crippen LogP contribution in [0.1, 0.15) is 25.7 Å². The van der Waals surface area contributed by atoms with Crippen molar-refractivity contribution in [2.75, 3.05) is 19.6 Å². The first-order valence-corrected chi connectivity index (χ1v) is 5.65. The number of nitrogens with zero attached hydrogens (tertiary/aromatic N) is 3. The summed E-state index contributed by atoms with van der Waals surface area (Å²) < 4.78 is 6.37. The Kier molecular flexibility index (Phi) is 3.55. The Balaban J connectivity index is 1.65. The molecule has 0 radical (unpaired) electrons. The van der Waals surface area contributed by atoms with Crippen molar-refractivity contribution in [1.29, 1.82) is 0 Å². The minimum Gasteiger partial charge on any atom is -0.660 e. The molecule has 1 aromatic heterocycles. The van der Waals surface area contributed by atoms with Crippen molar-refractivity contribution in [1.82, 2.24) is 10.2 Å². The molecule has 15 heavy (non-hydrogen) atoms. The zero-order valence-corrected chi connectivity index (χ0v) is 8.98. The van der Waals surface area contributed by atoms with Crippen LogP contribution in [0.5, 0.6) is 0 Å². The maximum Gasteiger partial charge on any atom is 0.222 e. The number of piperidine rings is 1. The average molecular weight is 210 g/mol. The van der Waals surface area contributed by atoms with Gasteiger partial charge >= 0.3 is 0 Å². The molecule has 1 aromatic rings. The highest BCUT2D eigenvalue weighted by Crippen LogP contribution is 2.08. The van der Waals surface area contributed by atoms with E-state index in [9.17, 15) is 0 Å². The number of aromatic nitrogens is 2. The Morgan fingerprint density at radius 2 is 2.20 bits per heavy atom. The molecule has 5 heteroatoms. The van der Waals surface area contributed by atoms with Crippen molar-refractivity contribution < 1.29 is 9.20 Å². The summed E-state index contributed by atoms with van der Waals surface area (Å²) in [6.07, 6.45) is 6.77. The fourth-order valence-electron chi connectivity index (χ4n) is 2.02. The lowest BCUT2D eigenvalue weighted by Crippen LogP contribution is -2.38. The van der Waals surface area contributed by atoms with Gasteiger partial charge in [0.1, 0.15) is 5.88 Å². The second kappa shape index (κ2) is 5.11. The van der Waals surface area contributed by atoms with Gasteiger partial charge in [-0.25, -0.2) is 0 Å². The molecule has 1 N–H and O–H groups in total. The van der Waals surface area contributed by atoms with E-state index in [0.717, 1.165) is 19.5 Å². The molecule has 2 rings (SSSR count). The van der Waals surface area contributed by atoms with Crippen LogP contribution in [0.4, 0.5) is 5.88 Å². The van der Waals surface area contributed by atoms with Crippen molar-refractivity contribution in [2.45, 2.75) is 32.2 Å². The van der Waals surface area contributed by atoms with Gasteiger partial charge in [-0.3, -0.25) is 0 Å². The third-order valence-electron chi connectivity index (χ3n) is 2.82. The first kappa shape index (κ1) is 10.4. The lowest BCUT2D eigenvalue weighted by atomic mass is 10.1. The Morgan fingerprint density at radius 3 is 2.87 bits per heavy atom. The van der Waals surface area contributed by atoms with E-state index in [4.69, 9.17) is 5.73 Å². The Morgan fingerprint density at radius 1 is 1.40 bits per heavy atom. The summed E-state index contributed by atoms with van der Waals surface area (Å²) in [5, 5.41) is 3.73. The van der Waals surface area contributed by atoms with Crippen LogP contribution in [0.15, 0.2) is 10.7 Å². The molecule has 0 aromatic carbocycles. The summed E-state index contributed by atoms with van der Waals surface area (Å²) in [5.41, 5.74) is 7.19. The van der Waals surface area contributed by atoms with Gasteiger partial charge in [0.05, 0.1) is 0 Å². The van der Waals surface area contributed by atoms with E-state index in [-0.39, 0.29) is 5.88 Å². The van der Waals surface area contributed by atoms with Gasteiger partial charge in [0, 0.05) is 13.0 Å². The number of hydrogen-bond acceptors (Lipinski definition) is 3. The van der Waals surface area contributed by atoms with E-state index >= 15 is 0 Å². The minimum absolute atomic E-state index is 0.132. The lowest BCUT2D eigenvalue weighted by molar-refractivity contribution is -0.762. The molecule has 0 spiro atoms. The molecule has 0 saturated carbocycles. The monoisotopic (exact) mass is 210 g/mol. The zero-order valence-electron chi connectivity index (χ0n) is 8.98. The molecule has 0 bridgehead atoms. The molecular weight excluding hydrogens is 192 g/mol. The van der Waals surface area contributed by atoms with Crippen LogP contribution in [0.25, 0.3) is 5.73 Å². The van der Waals surface area contributed by atoms with E-state index in [2.05, 4.69) is 14.7 Å². The SMILES string of the molecule is [NH-]c1c[n+](CCCN2CCCCC2)no1. The molecule has 0 unspecified atom stereocenters. The van der Waals surface area contributed by atoms with Crippen LogP contribution in [-0.4, -0.2) is 29.8 Å². The molecule has 0 atom stereocenters. The van der Waals surface area contributed by atoms with E-state index in [1.165, 1.54) is 32.4 Å². The fourth-order valence-corrected chi connectivity index (χ4v) is 2.02. The quantitative estimate of drug-likeness (QED) is 0.708. The van der Waals surface area contributed by atoms with Gasteiger partial charge in [-0.15, -0.1) is 0 Å². The summed E-state index contributed by atoms with van der Waals surface area (Å²) in [6, 6.07) is 0. The van der Waals surface area contributed by atoms with Gasteiger partial charge in [-0.1, -0.05) is 11.1 Å². The standard InChI is InChI=1S/C10H18N4O/c11-10-9-14(12-15-10)8-4-7-13-5-2-1-3-6-13/h9,11H,1-8H2. The maximum atomic E-state index is 7.19. The fraction of sp³-hybridized carbons (Fsp3) is 0.800. The second-order valence-electron chi connectivity index (χ2n) is 4.09. The van der Waals surface area contributed by atoms with E-state index < -0.39 is 0 Å². The van der Waals surface area contributed by atoms with Crippen LogP contribution in [-0.2, 0) is 6.54 Å². The van der Waals surface area contributed by atoms with Crippen molar-refractivity contribution in [3.05, 3.63) is 11.9 Å². The van der Waals surface area contributed by atoms with E-state index in [0.29, 0.717) is 0 Å². The summed E-state index contributed by atoms with van der Waals surface area (Å²) in [7, 11) is 0. The van der Waals surface area contributed by atoms with Crippen molar-refractivity contribution in [2.24, 2.45) is 0 Å². The normalized spacial score (nSPS) is 18.1. The molecule has 0 amide bonds. The molecule has 0 aliphatic carbocycles. The molecule has 5 nitrogen and oxygen atoms in total. The zero-order chi connectivity index (χ0) is 10.5. The van der Waals surface area contributed by atoms with Gasteiger partial charge < -0.3 is 15.2 Å². The van der Waals surface area contributed by atoms with Gasteiger partial charge in [0.2, 0.25) is 6.20 Å². The van der Waals surface area contributed by atoms with E-state index in [1.54, 1.807) is 10.9 Å². The van der Waals surface area contributed by atoms with Crippen molar-refractivity contribution in [3.63, 3.8) is 0 Å². The summed E-state index contributed by atoms with van der Waals surface area (Å²) in [5.74, 6) is 0.132. The van der Waals surface area contributed by atoms with Crippen LogP contribution in [0, 0.1) is 0 Å². The molecular formula is C10H18N4O. The summed E-state index contributed by atoms with van der Waals surface area (Å²) in [6.45, 7) is 4.46. The predicted octanol–water partition coefficient (Wildman–Crippen LogP) is 1.52. The number of hydrogen-bond donors (Lipinski definition) is 0. The molecule has 1 aliphatic rings. The second-order valence-corrected chi connectivity index (χ2v) is 4.09. The third kappa shape index (κ3) is 3.20. The third-order valence-corrected chi connectivity index (χ3v) is 2.82. The molecule has 2 heterocycles. The largest absolute Gasteiger partial charge is 0.660 e. The highest BCUT2D eigenvalue weighted by molar-refractivity contribution is 5.19. The molecule has 1 aliphatic heterocycles. The topological polar surface area (TPSA) is 57.0 Å². The molecule has 84 valence electrons. The summed E-state index contributed by atoms with van der Waals surface area (Å²) >= 11 is 0.